The predicted molar refractivity (Wildman–Crippen MR) is 72.8 cm³/mol. The van der Waals surface area contributed by atoms with Crippen molar-refractivity contribution < 1.29 is 4.92 Å². The van der Waals surface area contributed by atoms with Gasteiger partial charge in [-0.2, -0.15) is 0 Å². The molecule has 18 heavy (non-hydrogen) atoms. The standard InChI is InChI=1S/C14H18N2O2/c1-9(14(2,3)4)12-8-15-13-6-5-10(16(17)18)7-11(12)13/h5-9,15H,1-4H3. The number of nitrogens with one attached hydrogen (secondary N) is 1. The van der Waals surface area contributed by atoms with Crippen LogP contribution in [0.1, 0.15) is 39.2 Å². The van der Waals surface area contributed by atoms with E-state index in [0.29, 0.717) is 5.92 Å². The highest BCUT2D eigenvalue weighted by molar-refractivity contribution is 5.85. The van der Waals surface area contributed by atoms with E-state index in [0.717, 1.165) is 16.5 Å². The molecular weight excluding hydrogens is 228 g/mol. The lowest BCUT2D eigenvalue weighted by Crippen LogP contribution is -2.14. The van der Waals surface area contributed by atoms with E-state index in [1.54, 1.807) is 12.1 Å². The fraction of sp³-hybridized carbons (Fsp3) is 0.429. The normalized spacial score (nSPS) is 13.8. The van der Waals surface area contributed by atoms with Crippen LogP contribution in [0.5, 0.6) is 0 Å². The molecule has 2 rings (SSSR count). The van der Waals surface area contributed by atoms with E-state index < -0.39 is 0 Å². The van der Waals surface area contributed by atoms with Crippen LogP contribution < -0.4 is 0 Å². The molecule has 0 fully saturated rings. The lowest BCUT2D eigenvalue weighted by molar-refractivity contribution is -0.384. The Labute approximate surface area is 106 Å². The van der Waals surface area contributed by atoms with Crippen molar-refractivity contribution in [1.82, 2.24) is 4.98 Å². The number of rotatable bonds is 2. The molecule has 96 valence electrons. The molecule has 0 saturated carbocycles. The van der Waals surface area contributed by atoms with Crippen LogP contribution in [0.4, 0.5) is 5.69 Å². The van der Waals surface area contributed by atoms with Gasteiger partial charge in [-0.1, -0.05) is 27.7 Å². The van der Waals surface area contributed by atoms with Gasteiger partial charge in [-0.3, -0.25) is 10.1 Å². The summed E-state index contributed by atoms with van der Waals surface area (Å²) in [4.78, 5) is 13.7. The van der Waals surface area contributed by atoms with Crippen molar-refractivity contribution in [3.63, 3.8) is 0 Å². The maximum absolute atomic E-state index is 10.8. The van der Waals surface area contributed by atoms with Crippen LogP contribution in [0.25, 0.3) is 10.9 Å². The summed E-state index contributed by atoms with van der Waals surface area (Å²) in [5, 5.41) is 11.8. The van der Waals surface area contributed by atoms with Crippen molar-refractivity contribution in [3.8, 4) is 0 Å². The number of non-ortho nitro benzene ring substituents is 1. The van der Waals surface area contributed by atoms with E-state index >= 15 is 0 Å². The molecule has 2 aromatic rings. The second kappa shape index (κ2) is 4.12. The number of aromatic nitrogens is 1. The third kappa shape index (κ3) is 2.10. The molecule has 1 unspecified atom stereocenters. The summed E-state index contributed by atoms with van der Waals surface area (Å²) in [6.45, 7) is 8.68. The average Bonchev–Trinajstić information content (AvgIpc) is 2.68. The average molecular weight is 246 g/mol. The summed E-state index contributed by atoms with van der Waals surface area (Å²) < 4.78 is 0. The highest BCUT2D eigenvalue weighted by atomic mass is 16.6. The van der Waals surface area contributed by atoms with Crippen molar-refractivity contribution in [2.24, 2.45) is 5.41 Å². The van der Waals surface area contributed by atoms with Crippen molar-refractivity contribution in [1.29, 1.82) is 0 Å². The Balaban J connectivity index is 2.59. The second-order valence-electron chi connectivity index (χ2n) is 5.82. The fourth-order valence-electron chi connectivity index (χ4n) is 2.07. The number of H-pyrrole nitrogens is 1. The van der Waals surface area contributed by atoms with Crippen LogP contribution in [-0.4, -0.2) is 9.91 Å². The molecule has 1 heterocycles. The number of aromatic amines is 1. The molecule has 0 bridgehead atoms. The van der Waals surface area contributed by atoms with E-state index in [1.807, 2.05) is 6.20 Å². The van der Waals surface area contributed by atoms with E-state index in [1.165, 1.54) is 6.07 Å². The first-order chi connectivity index (χ1) is 8.30. The Morgan fingerprint density at radius 3 is 2.56 bits per heavy atom. The third-order valence-corrected chi connectivity index (χ3v) is 3.67. The first-order valence-corrected chi connectivity index (χ1v) is 6.06. The maximum Gasteiger partial charge on any atom is 0.270 e. The largest absolute Gasteiger partial charge is 0.361 e. The first kappa shape index (κ1) is 12.6. The Morgan fingerprint density at radius 1 is 1.33 bits per heavy atom. The number of benzene rings is 1. The van der Waals surface area contributed by atoms with Gasteiger partial charge in [0.25, 0.3) is 5.69 Å². The summed E-state index contributed by atoms with van der Waals surface area (Å²) in [5.74, 6) is 0.327. The van der Waals surface area contributed by atoms with Gasteiger partial charge < -0.3 is 4.98 Å². The summed E-state index contributed by atoms with van der Waals surface area (Å²) in [6, 6.07) is 4.96. The molecule has 4 heteroatoms. The van der Waals surface area contributed by atoms with Gasteiger partial charge in [-0.15, -0.1) is 0 Å². The molecule has 4 nitrogen and oxygen atoms in total. The van der Waals surface area contributed by atoms with Crippen LogP contribution in [0.3, 0.4) is 0 Å². The number of nitro groups is 1. The van der Waals surface area contributed by atoms with Gasteiger partial charge in [-0.25, -0.2) is 0 Å². The Bertz CT molecular complexity index is 593. The van der Waals surface area contributed by atoms with Crippen LogP contribution in [0.15, 0.2) is 24.4 Å². The van der Waals surface area contributed by atoms with Crippen molar-refractivity contribution >= 4 is 16.6 Å². The summed E-state index contributed by atoms with van der Waals surface area (Å²) in [6.07, 6.45) is 1.96. The summed E-state index contributed by atoms with van der Waals surface area (Å²) in [5.41, 5.74) is 2.36. The molecule has 0 radical (unpaired) electrons. The molecule has 0 aliphatic heterocycles. The van der Waals surface area contributed by atoms with Gasteiger partial charge in [0, 0.05) is 29.2 Å². The van der Waals surface area contributed by atoms with Gasteiger partial charge in [0.05, 0.1) is 4.92 Å². The van der Waals surface area contributed by atoms with Crippen LogP contribution >= 0.6 is 0 Å². The van der Waals surface area contributed by atoms with E-state index in [4.69, 9.17) is 0 Å². The monoisotopic (exact) mass is 246 g/mol. The number of hydrogen-bond acceptors (Lipinski definition) is 2. The Hall–Kier alpha value is -1.84. The summed E-state index contributed by atoms with van der Waals surface area (Å²) >= 11 is 0. The minimum absolute atomic E-state index is 0.125. The second-order valence-corrected chi connectivity index (χ2v) is 5.82. The topological polar surface area (TPSA) is 58.9 Å². The SMILES string of the molecule is CC(c1c[nH]c2ccc([N+](=O)[O-])cc12)C(C)(C)C. The highest BCUT2D eigenvalue weighted by Gasteiger charge is 2.24. The quantitative estimate of drug-likeness (QED) is 0.636. The number of fused-ring (bicyclic) bond motifs is 1. The van der Waals surface area contributed by atoms with Crippen LogP contribution in [0.2, 0.25) is 0 Å². The molecule has 0 aliphatic carbocycles. The minimum atomic E-state index is -0.349. The molecular formula is C14H18N2O2. The van der Waals surface area contributed by atoms with E-state index in [-0.39, 0.29) is 16.0 Å². The first-order valence-electron chi connectivity index (χ1n) is 6.06. The van der Waals surface area contributed by atoms with Gasteiger partial charge in [0.15, 0.2) is 0 Å². The summed E-state index contributed by atoms with van der Waals surface area (Å²) in [7, 11) is 0. The third-order valence-electron chi connectivity index (χ3n) is 3.67. The fourth-order valence-corrected chi connectivity index (χ4v) is 2.07. The van der Waals surface area contributed by atoms with Gasteiger partial charge in [-0.05, 0) is 23.0 Å². The minimum Gasteiger partial charge on any atom is -0.361 e. The number of nitrogens with zero attached hydrogens (tertiary/aromatic N) is 1. The molecule has 0 amide bonds. The Morgan fingerprint density at radius 2 is 2.00 bits per heavy atom. The molecule has 1 aromatic heterocycles. The van der Waals surface area contributed by atoms with Crippen LogP contribution in [0, 0.1) is 15.5 Å². The smallest absolute Gasteiger partial charge is 0.270 e. The molecule has 0 saturated heterocycles. The lowest BCUT2D eigenvalue weighted by Gasteiger charge is -2.27. The highest BCUT2D eigenvalue weighted by Crippen LogP contribution is 2.38. The van der Waals surface area contributed by atoms with Gasteiger partial charge in [0.1, 0.15) is 0 Å². The van der Waals surface area contributed by atoms with Crippen molar-refractivity contribution in [2.75, 3.05) is 0 Å². The number of nitro benzene ring substituents is 1. The lowest BCUT2D eigenvalue weighted by atomic mass is 9.78. The Kier molecular flexibility index (Phi) is 2.89. The molecule has 1 aromatic carbocycles. The molecule has 1 N–H and O–H groups in total. The molecule has 0 spiro atoms. The number of hydrogen-bond donors (Lipinski definition) is 1. The van der Waals surface area contributed by atoms with E-state index in [2.05, 4.69) is 32.7 Å². The molecule has 0 aliphatic rings. The van der Waals surface area contributed by atoms with Gasteiger partial charge >= 0.3 is 0 Å². The molecule has 1 atom stereocenters. The maximum atomic E-state index is 10.8. The van der Waals surface area contributed by atoms with E-state index in [9.17, 15) is 10.1 Å². The van der Waals surface area contributed by atoms with Crippen molar-refractivity contribution in [2.45, 2.75) is 33.6 Å². The van der Waals surface area contributed by atoms with Gasteiger partial charge in [0.2, 0.25) is 0 Å². The van der Waals surface area contributed by atoms with Crippen LogP contribution in [-0.2, 0) is 0 Å². The zero-order chi connectivity index (χ0) is 13.5. The predicted octanol–water partition coefficient (Wildman–Crippen LogP) is 4.23. The van der Waals surface area contributed by atoms with Crippen molar-refractivity contribution in [3.05, 3.63) is 40.1 Å². The zero-order valence-electron chi connectivity index (χ0n) is 11.2. The zero-order valence-corrected chi connectivity index (χ0v) is 11.2.